The molecule has 2 N–H and O–H groups in total. The molecule has 4 nitrogen and oxygen atoms in total. The standard InChI is InChI=1S/C18H32N2O2/c21-16-13-18(17(22)19-14-16)8-11-20(12-9-18)10-4-7-15-5-2-1-3-6-15/h15-16,21H,1-14H2,(H,19,22). The largest absolute Gasteiger partial charge is 0.391 e. The third-order valence-electron chi connectivity index (χ3n) is 6.23. The summed E-state index contributed by atoms with van der Waals surface area (Å²) in [5.74, 6) is 1.16. The Hall–Kier alpha value is -0.610. The topological polar surface area (TPSA) is 52.6 Å². The highest BCUT2D eigenvalue weighted by Crippen LogP contribution is 2.38. The van der Waals surface area contributed by atoms with E-state index in [2.05, 4.69) is 10.2 Å². The first-order valence-electron chi connectivity index (χ1n) is 9.37. The van der Waals surface area contributed by atoms with E-state index in [1.807, 2.05) is 0 Å². The van der Waals surface area contributed by atoms with Gasteiger partial charge in [0.2, 0.25) is 5.91 Å². The number of rotatable bonds is 4. The van der Waals surface area contributed by atoms with Crippen LogP contribution < -0.4 is 5.32 Å². The molecule has 1 unspecified atom stereocenters. The summed E-state index contributed by atoms with van der Waals surface area (Å²) in [5, 5.41) is 12.8. The zero-order chi connectivity index (χ0) is 15.4. The van der Waals surface area contributed by atoms with Crippen LogP contribution in [0.2, 0.25) is 0 Å². The number of hydrogen-bond acceptors (Lipinski definition) is 3. The molecule has 4 heteroatoms. The van der Waals surface area contributed by atoms with Crippen LogP contribution in [0.1, 0.15) is 64.2 Å². The van der Waals surface area contributed by atoms with Crippen LogP contribution in [-0.4, -0.2) is 48.2 Å². The van der Waals surface area contributed by atoms with Crippen molar-refractivity contribution in [3.63, 3.8) is 0 Å². The molecular formula is C18H32N2O2. The first-order valence-corrected chi connectivity index (χ1v) is 9.37. The Morgan fingerprint density at radius 1 is 1.18 bits per heavy atom. The van der Waals surface area contributed by atoms with Crippen molar-refractivity contribution < 1.29 is 9.90 Å². The maximum atomic E-state index is 12.2. The maximum Gasteiger partial charge on any atom is 0.226 e. The van der Waals surface area contributed by atoms with Gasteiger partial charge in [-0.05, 0) is 57.7 Å². The van der Waals surface area contributed by atoms with Crippen LogP contribution in [0, 0.1) is 11.3 Å². The molecule has 3 aliphatic rings. The molecule has 126 valence electrons. The summed E-state index contributed by atoms with van der Waals surface area (Å²) >= 11 is 0. The van der Waals surface area contributed by atoms with Gasteiger partial charge in [0.1, 0.15) is 0 Å². The second-order valence-electron chi connectivity index (χ2n) is 7.84. The van der Waals surface area contributed by atoms with Crippen molar-refractivity contribution in [2.75, 3.05) is 26.2 Å². The molecule has 1 atom stereocenters. The number of piperidine rings is 2. The monoisotopic (exact) mass is 308 g/mol. The van der Waals surface area contributed by atoms with Crippen molar-refractivity contribution in [3.05, 3.63) is 0 Å². The molecule has 0 aromatic heterocycles. The van der Waals surface area contributed by atoms with Crippen molar-refractivity contribution in [3.8, 4) is 0 Å². The van der Waals surface area contributed by atoms with Gasteiger partial charge in [-0.1, -0.05) is 32.1 Å². The molecule has 2 heterocycles. The number of β-amino-alcohol motifs (C(OH)–C–C–N with tert-alkyl or cyclic N) is 1. The van der Waals surface area contributed by atoms with Gasteiger partial charge in [0.05, 0.1) is 11.5 Å². The lowest BCUT2D eigenvalue weighted by molar-refractivity contribution is -0.140. The maximum absolute atomic E-state index is 12.2. The lowest BCUT2D eigenvalue weighted by atomic mass is 9.71. The summed E-state index contributed by atoms with van der Waals surface area (Å²) in [6.45, 7) is 3.66. The van der Waals surface area contributed by atoms with Gasteiger partial charge in [-0.15, -0.1) is 0 Å². The predicted octanol–water partition coefficient (Wildman–Crippen LogP) is 2.31. The van der Waals surface area contributed by atoms with Crippen LogP contribution in [0.25, 0.3) is 0 Å². The van der Waals surface area contributed by atoms with Gasteiger partial charge in [0.25, 0.3) is 0 Å². The lowest BCUT2D eigenvalue weighted by Gasteiger charge is -2.44. The molecule has 0 radical (unpaired) electrons. The van der Waals surface area contributed by atoms with Gasteiger partial charge in [-0.3, -0.25) is 4.79 Å². The molecule has 2 saturated heterocycles. The Labute approximate surface area is 134 Å². The molecule has 0 bridgehead atoms. The Morgan fingerprint density at radius 2 is 1.91 bits per heavy atom. The second-order valence-corrected chi connectivity index (χ2v) is 7.84. The third kappa shape index (κ3) is 3.83. The first kappa shape index (κ1) is 16.3. The van der Waals surface area contributed by atoms with Crippen LogP contribution in [0.3, 0.4) is 0 Å². The summed E-state index contributed by atoms with van der Waals surface area (Å²) in [6.07, 6.45) is 12.1. The van der Waals surface area contributed by atoms with Crippen molar-refractivity contribution in [2.24, 2.45) is 11.3 Å². The van der Waals surface area contributed by atoms with E-state index in [-0.39, 0.29) is 17.4 Å². The van der Waals surface area contributed by atoms with Crippen LogP contribution in [-0.2, 0) is 4.79 Å². The molecule has 22 heavy (non-hydrogen) atoms. The minimum Gasteiger partial charge on any atom is -0.391 e. The van der Waals surface area contributed by atoms with Gasteiger partial charge < -0.3 is 15.3 Å². The van der Waals surface area contributed by atoms with Crippen molar-refractivity contribution in [1.29, 1.82) is 0 Å². The molecule has 3 fully saturated rings. The summed E-state index contributed by atoms with van der Waals surface area (Å²) < 4.78 is 0. The summed E-state index contributed by atoms with van der Waals surface area (Å²) in [7, 11) is 0. The molecule has 1 aliphatic carbocycles. The van der Waals surface area contributed by atoms with E-state index in [9.17, 15) is 9.90 Å². The Kier molecular flexibility index (Phi) is 5.40. The quantitative estimate of drug-likeness (QED) is 0.838. The number of nitrogens with zero attached hydrogens (tertiary/aromatic N) is 1. The fraction of sp³-hybridized carbons (Fsp3) is 0.944. The molecule has 1 saturated carbocycles. The number of aliphatic hydroxyl groups excluding tert-OH is 1. The van der Waals surface area contributed by atoms with Crippen LogP contribution in [0.15, 0.2) is 0 Å². The fourth-order valence-electron chi connectivity index (χ4n) is 4.73. The van der Waals surface area contributed by atoms with E-state index in [1.54, 1.807) is 0 Å². The molecule has 1 amide bonds. The predicted molar refractivity (Wildman–Crippen MR) is 87.5 cm³/mol. The average Bonchev–Trinajstić information content (AvgIpc) is 2.54. The summed E-state index contributed by atoms with van der Waals surface area (Å²) in [6, 6.07) is 0. The van der Waals surface area contributed by atoms with E-state index in [1.165, 1.54) is 51.5 Å². The van der Waals surface area contributed by atoms with Crippen LogP contribution in [0.5, 0.6) is 0 Å². The second kappa shape index (κ2) is 7.31. The van der Waals surface area contributed by atoms with E-state index < -0.39 is 0 Å². The fourth-order valence-corrected chi connectivity index (χ4v) is 4.73. The third-order valence-corrected chi connectivity index (χ3v) is 6.23. The number of carbonyl (C=O) groups is 1. The van der Waals surface area contributed by atoms with Gasteiger partial charge >= 0.3 is 0 Å². The SMILES string of the molecule is O=C1NCC(O)CC12CCN(CCCC1CCCCC1)CC2. The van der Waals surface area contributed by atoms with E-state index in [4.69, 9.17) is 0 Å². The summed E-state index contributed by atoms with van der Waals surface area (Å²) in [5.41, 5.74) is -0.280. The van der Waals surface area contributed by atoms with Gasteiger partial charge in [-0.2, -0.15) is 0 Å². The molecule has 3 rings (SSSR count). The number of likely N-dealkylation sites (tertiary alicyclic amines) is 1. The molecule has 0 aromatic carbocycles. The Balaban J connectivity index is 1.39. The summed E-state index contributed by atoms with van der Waals surface area (Å²) in [4.78, 5) is 14.7. The highest BCUT2D eigenvalue weighted by Gasteiger charge is 2.45. The Bertz CT molecular complexity index is 371. The smallest absolute Gasteiger partial charge is 0.226 e. The van der Waals surface area contributed by atoms with Crippen LogP contribution >= 0.6 is 0 Å². The zero-order valence-electron chi connectivity index (χ0n) is 13.9. The number of amides is 1. The molecular weight excluding hydrogens is 276 g/mol. The average molecular weight is 308 g/mol. The Morgan fingerprint density at radius 3 is 2.64 bits per heavy atom. The van der Waals surface area contributed by atoms with E-state index >= 15 is 0 Å². The van der Waals surface area contributed by atoms with E-state index in [0.717, 1.165) is 31.8 Å². The lowest BCUT2D eigenvalue weighted by Crippen LogP contribution is -2.55. The van der Waals surface area contributed by atoms with Crippen LogP contribution in [0.4, 0.5) is 0 Å². The highest BCUT2D eigenvalue weighted by molar-refractivity contribution is 5.83. The minimum atomic E-state index is -0.351. The first-order chi connectivity index (χ1) is 10.7. The van der Waals surface area contributed by atoms with Crippen molar-refractivity contribution in [1.82, 2.24) is 10.2 Å². The van der Waals surface area contributed by atoms with Gasteiger partial charge in [0.15, 0.2) is 0 Å². The molecule has 2 aliphatic heterocycles. The zero-order valence-corrected chi connectivity index (χ0v) is 13.9. The van der Waals surface area contributed by atoms with E-state index in [0.29, 0.717) is 13.0 Å². The number of nitrogens with one attached hydrogen (secondary N) is 1. The molecule has 0 aromatic rings. The van der Waals surface area contributed by atoms with Crippen molar-refractivity contribution in [2.45, 2.75) is 70.3 Å². The number of aliphatic hydroxyl groups is 1. The highest BCUT2D eigenvalue weighted by atomic mass is 16.3. The molecule has 1 spiro atoms. The van der Waals surface area contributed by atoms with Gasteiger partial charge in [0, 0.05) is 6.54 Å². The normalized spacial score (nSPS) is 30.4. The number of carbonyl (C=O) groups excluding carboxylic acids is 1. The number of hydrogen-bond donors (Lipinski definition) is 2. The minimum absolute atomic E-state index is 0.180. The van der Waals surface area contributed by atoms with Gasteiger partial charge in [-0.25, -0.2) is 0 Å². The van der Waals surface area contributed by atoms with Crippen molar-refractivity contribution >= 4 is 5.91 Å².